The summed E-state index contributed by atoms with van der Waals surface area (Å²) >= 11 is 0. The van der Waals surface area contributed by atoms with Crippen molar-refractivity contribution in [2.45, 2.75) is 0 Å². The summed E-state index contributed by atoms with van der Waals surface area (Å²) in [6, 6.07) is 13.6. The first kappa shape index (κ1) is 13.0. The Morgan fingerprint density at radius 1 is 0.944 bits per heavy atom. The topological polar surface area (TPSA) is 38.7 Å². The van der Waals surface area contributed by atoms with Crippen molar-refractivity contribution in [2.24, 2.45) is 0 Å². The van der Waals surface area contributed by atoms with Crippen LogP contribution in [0.15, 0.2) is 48.5 Å². The van der Waals surface area contributed by atoms with E-state index in [1.807, 2.05) is 0 Å². The molecule has 0 aliphatic heterocycles. The van der Waals surface area contributed by atoms with E-state index in [4.69, 9.17) is 24.7 Å². The second kappa shape index (κ2) is 5.94. The van der Waals surface area contributed by atoms with Crippen molar-refractivity contribution in [2.75, 3.05) is 0 Å². The summed E-state index contributed by atoms with van der Waals surface area (Å²) in [5.74, 6) is 0.827. The van der Waals surface area contributed by atoms with Gasteiger partial charge in [0.1, 0.15) is 27.2 Å². The highest BCUT2D eigenvalue weighted by atomic mass is 31.2. The molecule has 0 aromatic heterocycles. The van der Waals surface area contributed by atoms with Crippen molar-refractivity contribution in [3.63, 3.8) is 0 Å². The molecule has 18 heavy (non-hydrogen) atoms. The molecule has 86 valence electrons. The first-order valence-electron chi connectivity index (χ1n) is 5.20. The van der Waals surface area contributed by atoms with Gasteiger partial charge in [0.25, 0.3) is 0 Å². The zero-order valence-corrected chi connectivity index (χ0v) is 10.4. The first-order valence-corrected chi connectivity index (χ1v) is 6.33. The summed E-state index contributed by atoms with van der Waals surface area (Å²) in [6.07, 6.45) is 0. The number of para-hydroxylation sites is 1. The van der Waals surface area contributed by atoms with Crippen LogP contribution in [0, 0.1) is 0 Å². The molecular weight excluding hydrogens is 245 g/mol. The predicted molar refractivity (Wildman–Crippen MR) is 74.1 cm³/mol. The summed E-state index contributed by atoms with van der Waals surface area (Å²) in [4.78, 5) is 9.70. The quantitative estimate of drug-likeness (QED) is 0.652. The van der Waals surface area contributed by atoms with E-state index >= 15 is 0 Å². The number of hydrogen-bond donors (Lipinski definition) is 1. The summed E-state index contributed by atoms with van der Waals surface area (Å²) in [6.45, 7) is 0. The third kappa shape index (κ3) is 3.52. The molecule has 0 aliphatic carbocycles. The van der Waals surface area contributed by atoms with Crippen molar-refractivity contribution in [3.05, 3.63) is 48.5 Å². The van der Waals surface area contributed by atoms with Gasteiger partial charge in [-0.1, -0.05) is 41.3 Å². The van der Waals surface area contributed by atoms with Gasteiger partial charge in [0.15, 0.2) is 0 Å². The van der Waals surface area contributed by atoms with Gasteiger partial charge in [0.05, 0.1) is 0 Å². The lowest BCUT2D eigenvalue weighted by atomic mass is 9.96. The molecule has 0 fully saturated rings. The Kier molecular flexibility index (Phi) is 4.29. The Bertz CT molecular complexity index is 536. The Morgan fingerprint density at radius 2 is 1.72 bits per heavy atom. The van der Waals surface area contributed by atoms with Gasteiger partial charge in [-0.2, -0.15) is 0 Å². The van der Waals surface area contributed by atoms with Crippen LogP contribution < -0.4 is 20.0 Å². The molecule has 2 aromatic rings. The van der Waals surface area contributed by atoms with E-state index in [0.29, 0.717) is 22.4 Å². The highest BCUT2D eigenvalue weighted by Crippen LogP contribution is 2.35. The molecule has 1 atom stereocenters. The molecular formula is C12H9B2O3P. The molecule has 1 N–H and O–H groups in total. The Hall–Kier alpha value is -1.44. The van der Waals surface area contributed by atoms with Crippen LogP contribution in [0.2, 0.25) is 0 Å². The van der Waals surface area contributed by atoms with Crippen molar-refractivity contribution >= 4 is 35.2 Å². The van der Waals surface area contributed by atoms with Crippen LogP contribution in [0.25, 0.3) is 0 Å². The molecule has 3 nitrogen and oxygen atoms in total. The molecule has 6 heteroatoms. The van der Waals surface area contributed by atoms with Crippen LogP contribution in [0.1, 0.15) is 0 Å². The van der Waals surface area contributed by atoms with Gasteiger partial charge in [0, 0.05) is 0 Å². The maximum atomic E-state index is 9.70. The Morgan fingerprint density at radius 3 is 2.44 bits per heavy atom. The zero-order valence-electron chi connectivity index (χ0n) is 9.48. The number of hydrogen-bond acceptors (Lipinski definition) is 3. The van der Waals surface area contributed by atoms with E-state index in [9.17, 15) is 4.89 Å². The lowest BCUT2D eigenvalue weighted by Crippen LogP contribution is -2.08. The molecule has 0 spiro atoms. The Balaban J connectivity index is 2.01. The van der Waals surface area contributed by atoms with Crippen LogP contribution in [0.3, 0.4) is 0 Å². The van der Waals surface area contributed by atoms with E-state index in [0.717, 1.165) is 0 Å². The smallest absolute Gasteiger partial charge is 0.419 e. The average molecular weight is 254 g/mol. The van der Waals surface area contributed by atoms with Gasteiger partial charge in [0.2, 0.25) is 0 Å². The fourth-order valence-electron chi connectivity index (χ4n) is 1.33. The van der Waals surface area contributed by atoms with Crippen LogP contribution in [-0.4, -0.2) is 20.6 Å². The minimum Gasteiger partial charge on any atom is -0.419 e. The number of benzene rings is 2. The van der Waals surface area contributed by atoms with Gasteiger partial charge < -0.3 is 13.9 Å². The van der Waals surface area contributed by atoms with E-state index in [1.165, 1.54) is 0 Å². The standard InChI is InChI=1S/C12H9B2O3P/c13-9-4-3-5-10(8-9)16-18(15)17-12-7-2-1-6-11(12)14/h1-8,15H. The van der Waals surface area contributed by atoms with Crippen molar-refractivity contribution in [3.8, 4) is 11.5 Å². The van der Waals surface area contributed by atoms with Crippen LogP contribution >= 0.6 is 8.60 Å². The van der Waals surface area contributed by atoms with Crippen LogP contribution in [0.5, 0.6) is 11.5 Å². The minimum atomic E-state index is -2.10. The lowest BCUT2D eigenvalue weighted by Gasteiger charge is -2.14. The van der Waals surface area contributed by atoms with Gasteiger partial charge in [-0.25, -0.2) is 0 Å². The molecule has 0 saturated carbocycles. The third-order valence-electron chi connectivity index (χ3n) is 2.14. The van der Waals surface area contributed by atoms with Gasteiger partial charge >= 0.3 is 8.60 Å². The second-order valence-corrected chi connectivity index (χ2v) is 4.37. The van der Waals surface area contributed by atoms with Crippen molar-refractivity contribution < 1.29 is 13.9 Å². The third-order valence-corrected chi connectivity index (χ3v) is 2.86. The van der Waals surface area contributed by atoms with Crippen LogP contribution in [0.4, 0.5) is 0 Å². The molecule has 2 aromatic carbocycles. The summed E-state index contributed by atoms with van der Waals surface area (Å²) < 4.78 is 10.4. The molecule has 2 rings (SSSR count). The minimum absolute atomic E-state index is 0.384. The maximum absolute atomic E-state index is 9.70. The van der Waals surface area contributed by atoms with Gasteiger partial charge in [-0.15, -0.1) is 0 Å². The lowest BCUT2D eigenvalue weighted by molar-refractivity contribution is 0.383. The predicted octanol–water partition coefficient (Wildman–Crippen LogP) is 0.951. The molecule has 1 unspecified atom stereocenters. The summed E-state index contributed by atoms with van der Waals surface area (Å²) in [7, 11) is 9.18. The SMILES string of the molecule is [B]c1cccc(OP(O)Oc2ccccc2[B])c1. The molecule has 4 radical (unpaired) electrons. The fraction of sp³-hybridized carbons (Fsp3) is 0. The van der Waals surface area contributed by atoms with Crippen molar-refractivity contribution in [1.82, 2.24) is 0 Å². The molecule has 0 aliphatic rings. The molecule has 0 heterocycles. The largest absolute Gasteiger partial charge is 0.460 e. The van der Waals surface area contributed by atoms with E-state index in [-0.39, 0.29) is 0 Å². The summed E-state index contributed by atoms with van der Waals surface area (Å²) in [5, 5.41) is 0. The van der Waals surface area contributed by atoms with Gasteiger partial charge in [-0.3, -0.25) is 0 Å². The normalized spacial score (nSPS) is 11.8. The van der Waals surface area contributed by atoms with E-state index in [1.54, 1.807) is 48.5 Å². The van der Waals surface area contributed by atoms with Crippen molar-refractivity contribution in [1.29, 1.82) is 0 Å². The number of rotatable bonds is 4. The van der Waals surface area contributed by atoms with E-state index < -0.39 is 8.60 Å². The summed E-state index contributed by atoms with van der Waals surface area (Å²) in [5.41, 5.74) is 0.991. The molecule has 0 amide bonds. The fourth-order valence-corrected chi connectivity index (χ4v) is 1.99. The zero-order chi connectivity index (χ0) is 13.0. The highest BCUT2D eigenvalue weighted by Gasteiger charge is 2.12. The Labute approximate surface area is 110 Å². The average Bonchev–Trinajstić information content (AvgIpc) is 2.32. The first-order chi connectivity index (χ1) is 8.65. The molecule has 0 bridgehead atoms. The second-order valence-electron chi connectivity index (χ2n) is 3.53. The highest BCUT2D eigenvalue weighted by molar-refractivity contribution is 7.41. The van der Waals surface area contributed by atoms with Gasteiger partial charge in [-0.05, 0) is 18.2 Å². The maximum Gasteiger partial charge on any atom is 0.460 e. The monoisotopic (exact) mass is 254 g/mol. The van der Waals surface area contributed by atoms with Crippen LogP contribution in [-0.2, 0) is 0 Å². The van der Waals surface area contributed by atoms with E-state index in [2.05, 4.69) is 0 Å². The molecule has 0 saturated heterocycles.